The lowest BCUT2D eigenvalue weighted by molar-refractivity contribution is 0.102. The number of amides is 1. The molecule has 1 amide bonds. The molecule has 2 N–H and O–H groups in total. The Morgan fingerprint density at radius 2 is 1.71 bits per heavy atom. The number of carbonyl (C=O) groups excluding carboxylic acids is 1. The number of nitrogens with zero attached hydrogens (tertiary/aromatic N) is 2. The highest BCUT2D eigenvalue weighted by Gasteiger charge is 2.41. The maximum atomic E-state index is 13.6. The highest BCUT2D eigenvalue weighted by atomic mass is 32.2. The minimum absolute atomic E-state index is 0.127. The molecule has 41 heavy (non-hydrogen) atoms. The Bertz CT molecular complexity index is 1690. The number of thiazole rings is 1. The molecule has 0 unspecified atom stereocenters. The van der Waals surface area contributed by atoms with E-state index in [9.17, 15) is 13.2 Å². The zero-order valence-corrected chi connectivity index (χ0v) is 26.5. The Balaban J connectivity index is 1.34. The van der Waals surface area contributed by atoms with E-state index in [1.165, 1.54) is 10.4 Å². The number of hydrogen-bond acceptors (Lipinski definition) is 7. The van der Waals surface area contributed by atoms with Gasteiger partial charge in [-0.2, -0.15) is 4.31 Å². The Morgan fingerprint density at radius 3 is 2.39 bits per heavy atom. The van der Waals surface area contributed by atoms with Crippen LogP contribution in [0, 0.1) is 5.92 Å². The fourth-order valence-corrected chi connectivity index (χ4v) is 10.0. The average molecular weight is 609 g/mol. The Morgan fingerprint density at radius 1 is 1.02 bits per heavy atom. The van der Waals surface area contributed by atoms with Gasteiger partial charge in [-0.3, -0.25) is 4.79 Å². The highest BCUT2D eigenvalue weighted by Crippen LogP contribution is 2.50. The van der Waals surface area contributed by atoms with E-state index in [0.717, 1.165) is 45.1 Å². The number of piperidine rings is 1. The smallest absolute Gasteiger partial charge is 0.256 e. The van der Waals surface area contributed by atoms with Crippen LogP contribution in [-0.4, -0.2) is 42.2 Å². The molecule has 2 aliphatic rings. The third-order valence-corrected chi connectivity index (χ3v) is 12.5. The van der Waals surface area contributed by atoms with Gasteiger partial charge >= 0.3 is 0 Å². The Labute approximate surface area is 250 Å². The van der Waals surface area contributed by atoms with E-state index < -0.39 is 10.0 Å². The zero-order chi connectivity index (χ0) is 29.2. The molecule has 1 saturated heterocycles. The van der Waals surface area contributed by atoms with Crippen molar-refractivity contribution in [1.29, 1.82) is 0 Å². The van der Waals surface area contributed by atoms with Gasteiger partial charge in [0.2, 0.25) is 10.0 Å². The predicted molar refractivity (Wildman–Crippen MR) is 168 cm³/mol. The van der Waals surface area contributed by atoms with E-state index in [1.54, 1.807) is 51.2 Å². The number of aromatic nitrogens is 1. The van der Waals surface area contributed by atoms with Gasteiger partial charge in [0.15, 0.2) is 0 Å². The van der Waals surface area contributed by atoms with E-state index in [1.807, 2.05) is 18.2 Å². The van der Waals surface area contributed by atoms with Crippen LogP contribution < -0.4 is 10.6 Å². The summed E-state index contributed by atoms with van der Waals surface area (Å²) in [4.78, 5) is 20.0. The lowest BCUT2D eigenvalue weighted by Gasteiger charge is -2.42. The van der Waals surface area contributed by atoms with E-state index >= 15 is 0 Å². The molecule has 0 spiro atoms. The molecular weight excluding hydrogens is 573 g/mol. The van der Waals surface area contributed by atoms with Gasteiger partial charge in [-0.25, -0.2) is 13.4 Å². The molecule has 0 radical (unpaired) electrons. The monoisotopic (exact) mass is 608 g/mol. The minimum Gasteiger partial charge on any atom is -0.313 e. The minimum atomic E-state index is -3.58. The van der Waals surface area contributed by atoms with Gasteiger partial charge in [0.25, 0.3) is 5.91 Å². The summed E-state index contributed by atoms with van der Waals surface area (Å²) in [6.45, 7) is 12.0. The number of sulfonamides is 1. The second-order valence-electron chi connectivity index (χ2n) is 12.5. The van der Waals surface area contributed by atoms with Crippen molar-refractivity contribution in [2.24, 2.45) is 5.92 Å². The number of carbonyl (C=O) groups is 1. The Hall–Kier alpha value is -2.63. The van der Waals surface area contributed by atoms with Crippen LogP contribution in [0.4, 0.5) is 5.00 Å². The van der Waals surface area contributed by atoms with Crippen LogP contribution in [0.5, 0.6) is 0 Å². The van der Waals surface area contributed by atoms with Gasteiger partial charge in [0, 0.05) is 40.2 Å². The molecule has 0 atom stereocenters. The third-order valence-electron chi connectivity index (χ3n) is 8.08. The summed E-state index contributed by atoms with van der Waals surface area (Å²) in [6.07, 6.45) is 2.54. The lowest BCUT2D eigenvalue weighted by Crippen LogP contribution is -2.54. The normalized spacial score (nSPS) is 19.2. The number of fused-ring (bicyclic) bond motifs is 2. The van der Waals surface area contributed by atoms with Crippen molar-refractivity contribution in [3.05, 3.63) is 64.5 Å². The molecule has 10 heteroatoms. The van der Waals surface area contributed by atoms with Gasteiger partial charge in [0.1, 0.15) is 10.0 Å². The van der Waals surface area contributed by atoms with Crippen molar-refractivity contribution >= 4 is 53.8 Å². The highest BCUT2D eigenvalue weighted by molar-refractivity contribution is 7.89. The molecule has 216 valence electrons. The van der Waals surface area contributed by atoms with E-state index in [-0.39, 0.29) is 21.9 Å². The number of thiophene rings is 1. The SMILES string of the molecule is CC1CCN(S(=O)(=O)c2ccc(C(=O)Nc3sc4c(c3-c3nc5ccccc5s3)CC(C)(C)NC4(C)C)cc2)CC1. The number of para-hydroxylation sites is 1. The summed E-state index contributed by atoms with van der Waals surface area (Å²) in [6, 6.07) is 14.4. The first kappa shape index (κ1) is 28.5. The lowest BCUT2D eigenvalue weighted by atomic mass is 9.81. The van der Waals surface area contributed by atoms with Crippen LogP contribution in [-0.2, 0) is 22.0 Å². The van der Waals surface area contributed by atoms with Crippen molar-refractivity contribution in [2.75, 3.05) is 18.4 Å². The van der Waals surface area contributed by atoms with E-state index in [2.05, 4.69) is 51.3 Å². The van der Waals surface area contributed by atoms with Crippen molar-refractivity contribution in [3.63, 3.8) is 0 Å². The van der Waals surface area contributed by atoms with Crippen LogP contribution in [0.1, 0.15) is 68.3 Å². The quantitative estimate of drug-likeness (QED) is 0.258. The van der Waals surface area contributed by atoms with Crippen LogP contribution in [0.15, 0.2) is 53.4 Å². The molecule has 4 heterocycles. The van der Waals surface area contributed by atoms with E-state index in [4.69, 9.17) is 4.98 Å². The maximum absolute atomic E-state index is 13.6. The second-order valence-corrected chi connectivity index (χ2v) is 16.5. The summed E-state index contributed by atoms with van der Waals surface area (Å²) in [5.41, 5.74) is 3.15. The Kier molecular flexibility index (Phi) is 7.14. The molecule has 2 aromatic carbocycles. The molecule has 2 aromatic heterocycles. The van der Waals surface area contributed by atoms with Crippen molar-refractivity contribution in [2.45, 2.75) is 69.9 Å². The summed E-state index contributed by atoms with van der Waals surface area (Å²) in [7, 11) is -3.58. The standard InChI is InChI=1S/C31H36N4O3S3/c1-19-14-16-35(17-15-19)41(37,38)21-12-10-20(11-13-21)27(36)33-29-25(28-32-23-8-6-7-9-24(23)39-28)22-18-30(2,3)34-31(4,5)26(22)40-29/h6-13,19,34H,14-18H2,1-5H3,(H,33,36). The summed E-state index contributed by atoms with van der Waals surface area (Å²) in [5, 5.41) is 8.60. The van der Waals surface area contributed by atoms with Crippen LogP contribution in [0.25, 0.3) is 20.8 Å². The maximum Gasteiger partial charge on any atom is 0.256 e. The largest absolute Gasteiger partial charge is 0.313 e. The predicted octanol–water partition coefficient (Wildman–Crippen LogP) is 6.86. The number of hydrogen-bond donors (Lipinski definition) is 2. The summed E-state index contributed by atoms with van der Waals surface area (Å²) < 4.78 is 29.0. The molecule has 6 rings (SSSR count). The van der Waals surface area contributed by atoms with Gasteiger partial charge < -0.3 is 10.6 Å². The van der Waals surface area contributed by atoms with Crippen molar-refractivity contribution in [3.8, 4) is 10.6 Å². The van der Waals surface area contributed by atoms with E-state index in [0.29, 0.717) is 24.6 Å². The fraction of sp³-hybridized carbons (Fsp3) is 0.419. The fourth-order valence-electron chi connectivity index (χ4n) is 6.15. The topological polar surface area (TPSA) is 91.4 Å². The van der Waals surface area contributed by atoms with Gasteiger partial charge in [0.05, 0.1) is 15.1 Å². The van der Waals surface area contributed by atoms with Crippen molar-refractivity contribution < 1.29 is 13.2 Å². The van der Waals surface area contributed by atoms with Crippen molar-refractivity contribution in [1.82, 2.24) is 14.6 Å². The molecule has 2 aliphatic heterocycles. The number of anilines is 1. The molecular formula is C31H36N4O3S3. The van der Waals surface area contributed by atoms with Gasteiger partial charge in [-0.15, -0.1) is 22.7 Å². The molecule has 1 fully saturated rings. The second kappa shape index (κ2) is 10.3. The van der Waals surface area contributed by atoms with Gasteiger partial charge in [-0.1, -0.05) is 19.1 Å². The molecule has 0 saturated carbocycles. The summed E-state index contributed by atoms with van der Waals surface area (Å²) >= 11 is 3.23. The molecule has 4 aromatic rings. The van der Waals surface area contributed by atoms with Crippen LogP contribution in [0.2, 0.25) is 0 Å². The summed E-state index contributed by atoms with van der Waals surface area (Å²) in [5.74, 6) is 0.266. The average Bonchev–Trinajstić information content (AvgIpc) is 3.49. The molecule has 0 bridgehead atoms. The van der Waals surface area contributed by atoms with Crippen LogP contribution in [0.3, 0.4) is 0 Å². The zero-order valence-electron chi connectivity index (χ0n) is 24.1. The first-order valence-electron chi connectivity index (χ1n) is 14.1. The third kappa shape index (κ3) is 5.36. The first-order valence-corrected chi connectivity index (χ1v) is 17.1. The number of benzene rings is 2. The molecule has 0 aliphatic carbocycles. The van der Waals surface area contributed by atoms with Crippen LogP contribution >= 0.6 is 22.7 Å². The molecule has 7 nitrogen and oxygen atoms in total. The number of rotatable bonds is 5. The first-order chi connectivity index (χ1) is 19.3. The number of nitrogens with one attached hydrogen (secondary N) is 2. The van der Waals surface area contributed by atoms with Gasteiger partial charge in [-0.05, 0) is 94.8 Å².